The molecule has 6 nitrogen and oxygen atoms in total. The summed E-state index contributed by atoms with van der Waals surface area (Å²) in [7, 11) is 1.98. The quantitative estimate of drug-likeness (QED) is 0.850. The van der Waals surface area contributed by atoms with Crippen molar-refractivity contribution in [2.75, 3.05) is 13.1 Å². The van der Waals surface area contributed by atoms with Gasteiger partial charge in [0, 0.05) is 38.4 Å². The van der Waals surface area contributed by atoms with Gasteiger partial charge in [-0.1, -0.05) is 6.42 Å². The van der Waals surface area contributed by atoms with Gasteiger partial charge in [0.25, 0.3) is 5.91 Å². The SMILES string of the molecule is Cc1cncc(C(=O)N2CC(c3nncn3C)C3(CCC3)C2)c1. The van der Waals surface area contributed by atoms with Crippen LogP contribution in [0.2, 0.25) is 0 Å². The molecule has 23 heavy (non-hydrogen) atoms. The second-order valence-corrected chi connectivity index (χ2v) is 7.01. The Bertz CT molecular complexity index is 749. The first kappa shape index (κ1) is 14.4. The first-order valence-electron chi connectivity index (χ1n) is 8.14. The minimum absolute atomic E-state index is 0.0807. The van der Waals surface area contributed by atoms with Crippen LogP contribution in [0.4, 0.5) is 0 Å². The first-order chi connectivity index (χ1) is 11.1. The van der Waals surface area contributed by atoms with E-state index in [0.717, 1.165) is 24.5 Å². The maximum Gasteiger partial charge on any atom is 0.255 e. The Balaban J connectivity index is 1.63. The van der Waals surface area contributed by atoms with Crippen molar-refractivity contribution in [3.8, 4) is 0 Å². The Morgan fingerprint density at radius 3 is 2.78 bits per heavy atom. The molecule has 2 aromatic heterocycles. The van der Waals surface area contributed by atoms with Gasteiger partial charge in [-0.15, -0.1) is 10.2 Å². The Hall–Kier alpha value is -2.24. The predicted octanol–water partition coefficient (Wildman–Crippen LogP) is 1.93. The maximum atomic E-state index is 12.9. The summed E-state index contributed by atoms with van der Waals surface area (Å²) in [4.78, 5) is 19.0. The molecule has 2 aliphatic rings. The van der Waals surface area contributed by atoms with Gasteiger partial charge in [-0.25, -0.2) is 0 Å². The summed E-state index contributed by atoms with van der Waals surface area (Å²) in [5.41, 5.74) is 1.88. The Morgan fingerprint density at radius 2 is 2.17 bits per heavy atom. The van der Waals surface area contributed by atoms with E-state index in [4.69, 9.17) is 0 Å². The molecule has 2 fully saturated rings. The van der Waals surface area contributed by atoms with Crippen molar-refractivity contribution in [1.82, 2.24) is 24.6 Å². The number of hydrogen-bond acceptors (Lipinski definition) is 4. The van der Waals surface area contributed by atoms with Crippen molar-refractivity contribution in [3.05, 3.63) is 41.7 Å². The van der Waals surface area contributed by atoms with Crippen LogP contribution < -0.4 is 0 Å². The van der Waals surface area contributed by atoms with Gasteiger partial charge in [-0.2, -0.15) is 0 Å². The topological polar surface area (TPSA) is 63.9 Å². The molecule has 1 amide bonds. The molecule has 120 valence electrons. The minimum atomic E-state index is 0.0807. The second kappa shape index (κ2) is 5.15. The fraction of sp³-hybridized carbons (Fsp3) is 0.529. The molecule has 6 heteroatoms. The van der Waals surface area contributed by atoms with Crippen LogP contribution in [0.5, 0.6) is 0 Å². The Kier molecular flexibility index (Phi) is 3.21. The number of rotatable bonds is 2. The number of nitrogens with zero attached hydrogens (tertiary/aromatic N) is 5. The highest BCUT2D eigenvalue weighted by molar-refractivity contribution is 5.94. The van der Waals surface area contributed by atoms with Gasteiger partial charge in [0.2, 0.25) is 0 Å². The van der Waals surface area contributed by atoms with Gasteiger partial charge in [-0.05, 0) is 36.8 Å². The molecule has 2 aromatic rings. The monoisotopic (exact) mass is 311 g/mol. The van der Waals surface area contributed by atoms with Crippen LogP contribution in [0.1, 0.15) is 46.9 Å². The Morgan fingerprint density at radius 1 is 1.35 bits per heavy atom. The van der Waals surface area contributed by atoms with Gasteiger partial charge in [0.05, 0.1) is 5.56 Å². The molecule has 1 aliphatic heterocycles. The lowest BCUT2D eigenvalue weighted by Gasteiger charge is -2.42. The van der Waals surface area contributed by atoms with E-state index in [1.807, 2.05) is 29.5 Å². The predicted molar refractivity (Wildman–Crippen MR) is 84.9 cm³/mol. The van der Waals surface area contributed by atoms with Gasteiger partial charge >= 0.3 is 0 Å². The van der Waals surface area contributed by atoms with Gasteiger partial charge in [0.15, 0.2) is 0 Å². The molecule has 1 atom stereocenters. The van der Waals surface area contributed by atoms with Crippen LogP contribution in [0.3, 0.4) is 0 Å². The highest BCUT2D eigenvalue weighted by Gasteiger charge is 2.53. The number of amides is 1. The standard InChI is InChI=1S/C17H21N5O/c1-12-6-13(8-18-7-12)16(23)22-9-14(15-20-19-11-21(15)2)17(10-22)4-3-5-17/h6-8,11,14H,3-5,9-10H2,1-2H3. The zero-order valence-electron chi connectivity index (χ0n) is 13.6. The zero-order chi connectivity index (χ0) is 16.0. The number of hydrogen-bond donors (Lipinski definition) is 0. The van der Waals surface area contributed by atoms with E-state index in [1.54, 1.807) is 18.7 Å². The summed E-state index contributed by atoms with van der Waals surface area (Å²) in [6.07, 6.45) is 8.76. The normalized spacial score (nSPS) is 22.3. The summed E-state index contributed by atoms with van der Waals surface area (Å²) in [6.45, 7) is 3.50. The molecular weight excluding hydrogens is 290 g/mol. The van der Waals surface area contributed by atoms with Crippen molar-refractivity contribution in [2.24, 2.45) is 12.5 Å². The van der Waals surface area contributed by atoms with E-state index in [9.17, 15) is 4.79 Å². The van der Waals surface area contributed by atoms with Crippen LogP contribution in [-0.4, -0.2) is 43.6 Å². The molecule has 1 unspecified atom stereocenters. The number of aromatic nitrogens is 4. The van der Waals surface area contributed by atoms with Crippen LogP contribution in [0, 0.1) is 12.3 Å². The van der Waals surface area contributed by atoms with E-state index in [-0.39, 0.29) is 17.2 Å². The summed E-state index contributed by atoms with van der Waals surface area (Å²) < 4.78 is 1.99. The average Bonchev–Trinajstić information content (AvgIpc) is 3.09. The van der Waals surface area contributed by atoms with Crippen LogP contribution in [0.15, 0.2) is 24.8 Å². The van der Waals surface area contributed by atoms with Crippen LogP contribution in [-0.2, 0) is 7.05 Å². The summed E-state index contributed by atoms with van der Waals surface area (Å²) >= 11 is 0. The second-order valence-electron chi connectivity index (χ2n) is 7.01. The number of pyridine rings is 1. The van der Waals surface area contributed by atoms with E-state index >= 15 is 0 Å². The highest BCUT2D eigenvalue weighted by Crippen LogP contribution is 2.55. The molecule has 4 rings (SSSR count). The van der Waals surface area contributed by atoms with Crippen molar-refractivity contribution >= 4 is 5.91 Å². The van der Waals surface area contributed by atoms with E-state index < -0.39 is 0 Å². The molecule has 3 heterocycles. The van der Waals surface area contributed by atoms with Crippen LogP contribution in [0.25, 0.3) is 0 Å². The molecule has 0 radical (unpaired) electrons. The summed E-state index contributed by atoms with van der Waals surface area (Å²) in [6, 6.07) is 1.92. The van der Waals surface area contributed by atoms with Crippen molar-refractivity contribution in [1.29, 1.82) is 0 Å². The van der Waals surface area contributed by atoms with E-state index in [1.165, 1.54) is 19.3 Å². The molecule has 0 N–H and O–H groups in total. The summed E-state index contributed by atoms with van der Waals surface area (Å²) in [5, 5.41) is 8.35. The highest BCUT2D eigenvalue weighted by atomic mass is 16.2. The fourth-order valence-electron chi connectivity index (χ4n) is 4.08. The van der Waals surface area contributed by atoms with Gasteiger partial charge < -0.3 is 9.47 Å². The third kappa shape index (κ3) is 2.24. The minimum Gasteiger partial charge on any atom is -0.337 e. The van der Waals surface area contributed by atoms with Crippen molar-refractivity contribution < 1.29 is 4.79 Å². The Labute approximate surface area is 135 Å². The van der Waals surface area contributed by atoms with E-state index in [0.29, 0.717) is 5.56 Å². The number of aryl methyl sites for hydroxylation is 2. The fourth-order valence-corrected chi connectivity index (χ4v) is 4.08. The van der Waals surface area contributed by atoms with Gasteiger partial charge in [0.1, 0.15) is 12.2 Å². The maximum absolute atomic E-state index is 12.9. The van der Waals surface area contributed by atoms with E-state index in [2.05, 4.69) is 15.2 Å². The lowest BCUT2D eigenvalue weighted by Crippen LogP contribution is -2.38. The average molecular weight is 311 g/mol. The molecule has 1 saturated heterocycles. The third-order valence-electron chi connectivity index (χ3n) is 5.46. The number of carbonyl (C=O) groups is 1. The molecule has 0 aromatic carbocycles. The first-order valence-corrected chi connectivity index (χ1v) is 8.14. The third-order valence-corrected chi connectivity index (χ3v) is 5.46. The molecular formula is C17H21N5O. The van der Waals surface area contributed by atoms with Crippen molar-refractivity contribution in [2.45, 2.75) is 32.1 Å². The molecule has 1 saturated carbocycles. The molecule has 0 bridgehead atoms. The lowest BCUT2D eigenvalue weighted by molar-refractivity contribution is 0.0723. The largest absolute Gasteiger partial charge is 0.337 e. The van der Waals surface area contributed by atoms with Crippen LogP contribution >= 0.6 is 0 Å². The molecule has 1 aliphatic carbocycles. The van der Waals surface area contributed by atoms with Crippen molar-refractivity contribution in [3.63, 3.8) is 0 Å². The number of carbonyl (C=O) groups excluding carboxylic acids is 1. The lowest BCUT2D eigenvalue weighted by atomic mass is 9.62. The molecule has 1 spiro atoms. The smallest absolute Gasteiger partial charge is 0.255 e. The summed E-state index contributed by atoms with van der Waals surface area (Å²) in [5.74, 6) is 1.37. The zero-order valence-corrected chi connectivity index (χ0v) is 13.6. The van der Waals surface area contributed by atoms with Gasteiger partial charge in [-0.3, -0.25) is 9.78 Å². The number of likely N-dealkylation sites (tertiary alicyclic amines) is 1.